The molecule has 0 bridgehead atoms. The van der Waals surface area contributed by atoms with Crippen LogP contribution < -0.4 is 11.1 Å². The minimum Gasteiger partial charge on any atom is -0.396 e. The van der Waals surface area contributed by atoms with Crippen LogP contribution in [0.15, 0.2) is 0 Å². The molecule has 4 N–H and O–H groups in total. The van der Waals surface area contributed by atoms with Crippen LogP contribution in [0.1, 0.15) is 45.4 Å². The quantitative estimate of drug-likeness (QED) is 0.629. The Labute approximate surface area is 97.6 Å². The van der Waals surface area contributed by atoms with Crippen molar-refractivity contribution in [1.29, 1.82) is 0 Å². The van der Waals surface area contributed by atoms with Crippen molar-refractivity contribution in [2.75, 3.05) is 13.2 Å². The average molecular weight is 228 g/mol. The second kappa shape index (κ2) is 6.21. The third-order valence-corrected chi connectivity index (χ3v) is 3.38. The number of nitrogens with one attached hydrogen (secondary N) is 1. The Morgan fingerprint density at radius 3 is 2.69 bits per heavy atom. The van der Waals surface area contributed by atoms with Gasteiger partial charge >= 0.3 is 0 Å². The standard InChI is InChI=1S/C12H24N2O2/c1-10(4-7-15)9-14-11(16)8-12(13)5-2-3-6-12/h10,15H,2-9,13H2,1H3,(H,14,16). The zero-order chi connectivity index (χ0) is 12.0. The summed E-state index contributed by atoms with van der Waals surface area (Å²) < 4.78 is 0. The van der Waals surface area contributed by atoms with Crippen LogP contribution in [-0.2, 0) is 4.79 Å². The third kappa shape index (κ3) is 4.49. The minimum absolute atomic E-state index is 0.0502. The van der Waals surface area contributed by atoms with Gasteiger partial charge in [0.25, 0.3) is 0 Å². The molecule has 0 heterocycles. The molecule has 0 aromatic carbocycles. The Morgan fingerprint density at radius 1 is 1.50 bits per heavy atom. The molecule has 1 atom stereocenters. The molecule has 0 aromatic heterocycles. The third-order valence-electron chi connectivity index (χ3n) is 3.38. The van der Waals surface area contributed by atoms with Gasteiger partial charge in [0, 0.05) is 25.1 Å². The van der Waals surface area contributed by atoms with Gasteiger partial charge in [0.05, 0.1) is 0 Å². The predicted molar refractivity (Wildman–Crippen MR) is 63.9 cm³/mol. The number of carbonyl (C=O) groups excluding carboxylic acids is 1. The number of carbonyl (C=O) groups is 1. The lowest BCUT2D eigenvalue weighted by atomic mass is 9.94. The highest BCUT2D eigenvalue weighted by Crippen LogP contribution is 2.29. The summed E-state index contributed by atoms with van der Waals surface area (Å²) in [5.41, 5.74) is 5.86. The zero-order valence-electron chi connectivity index (χ0n) is 10.2. The Balaban J connectivity index is 2.20. The highest BCUT2D eigenvalue weighted by molar-refractivity contribution is 5.77. The lowest BCUT2D eigenvalue weighted by Crippen LogP contribution is -2.42. The molecule has 0 saturated heterocycles. The van der Waals surface area contributed by atoms with E-state index in [-0.39, 0.29) is 18.1 Å². The topological polar surface area (TPSA) is 75.3 Å². The van der Waals surface area contributed by atoms with Crippen LogP contribution in [0, 0.1) is 5.92 Å². The fourth-order valence-corrected chi connectivity index (χ4v) is 2.25. The predicted octanol–water partition coefficient (Wildman–Crippen LogP) is 0.783. The molecular formula is C12H24N2O2. The van der Waals surface area contributed by atoms with E-state index in [0.29, 0.717) is 18.9 Å². The number of amides is 1. The maximum absolute atomic E-state index is 11.7. The monoisotopic (exact) mass is 228 g/mol. The van der Waals surface area contributed by atoms with Crippen LogP contribution in [-0.4, -0.2) is 29.7 Å². The SMILES string of the molecule is CC(CCO)CNC(=O)CC1(N)CCCC1. The Bertz CT molecular complexity index is 225. The van der Waals surface area contributed by atoms with Crippen LogP contribution in [0.5, 0.6) is 0 Å². The van der Waals surface area contributed by atoms with E-state index < -0.39 is 0 Å². The van der Waals surface area contributed by atoms with Gasteiger partial charge in [-0.05, 0) is 25.2 Å². The van der Waals surface area contributed by atoms with Crippen molar-refractivity contribution in [1.82, 2.24) is 5.32 Å². The van der Waals surface area contributed by atoms with E-state index in [0.717, 1.165) is 32.1 Å². The Kier molecular flexibility index (Phi) is 5.22. The molecule has 0 aromatic rings. The molecule has 1 saturated carbocycles. The normalized spacial score (nSPS) is 20.7. The molecule has 94 valence electrons. The highest BCUT2D eigenvalue weighted by atomic mass is 16.3. The number of nitrogens with two attached hydrogens (primary N) is 1. The van der Waals surface area contributed by atoms with E-state index in [2.05, 4.69) is 5.32 Å². The van der Waals surface area contributed by atoms with E-state index in [1.54, 1.807) is 0 Å². The van der Waals surface area contributed by atoms with Crippen molar-refractivity contribution in [3.05, 3.63) is 0 Å². The van der Waals surface area contributed by atoms with Gasteiger partial charge in [0.1, 0.15) is 0 Å². The summed E-state index contributed by atoms with van der Waals surface area (Å²) in [5.74, 6) is 0.375. The fourth-order valence-electron chi connectivity index (χ4n) is 2.25. The summed E-state index contributed by atoms with van der Waals surface area (Å²) in [6.07, 6.45) is 5.39. The Morgan fingerprint density at radius 2 is 2.12 bits per heavy atom. The van der Waals surface area contributed by atoms with Gasteiger partial charge in [0.2, 0.25) is 5.91 Å². The molecule has 16 heavy (non-hydrogen) atoms. The van der Waals surface area contributed by atoms with Crippen LogP contribution in [0.25, 0.3) is 0 Å². The van der Waals surface area contributed by atoms with Gasteiger partial charge in [-0.15, -0.1) is 0 Å². The molecule has 0 radical (unpaired) electrons. The first kappa shape index (κ1) is 13.5. The number of aliphatic hydroxyl groups is 1. The van der Waals surface area contributed by atoms with Crippen molar-refractivity contribution < 1.29 is 9.90 Å². The lowest BCUT2D eigenvalue weighted by molar-refractivity contribution is -0.122. The van der Waals surface area contributed by atoms with Crippen LogP contribution in [0.4, 0.5) is 0 Å². The average Bonchev–Trinajstić information content (AvgIpc) is 2.62. The largest absolute Gasteiger partial charge is 0.396 e. The fraction of sp³-hybridized carbons (Fsp3) is 0.917. The second-order valence-electron chi connectivity index (χ2n) is 5.17. The van der Waals surface area contributed by atoms with Crippen molar-refractivity contribution in [3.63, 3.8) is 0 Å². The van der Waals surface area contributed by atoms with Crippen LogP contribution in [0.2, 0.25) is 0 Å². The maximum Gasteiger partial charge on any atom is 0.221 e. The number of rotatable bonds is 6. The van der Waals surface area contributed by atoms with Crippen molar-refractivity contribution in [3.8, 4) is 0 Å². The maximum atomic E-state index is 11.7. The molecular weight excluding hydrogens is 204 g/mol. The summed E-state index contributed by atoms with van der Waals surface area (Å²) in [4.78, 5) is 11.7. The molecule has 0 aliphatic heterocycles. The van der Waals surface area contributed by atoms with Crippen molar-refractivity contribution in [2.24, 2.45) is 11.7 Å². The van der Waals surface area contributed by atoms with E-state index in [1.807, 2.05) is 6.92 Å². The van der Waals surface area contributed by atoms with Crippen LogP contribution >= 0.6 is 0 Å². The summed E-state index contributed by atoms with van der Waals surface area (Å²) >= 11 is 0. The van der Waals surface area contributed by atoms with Gasteiger partial charge in [0.15, 0.2) is 0 Å². The van der Waals surface area contributed by atoms with E-state index >= 15 is 0 Å². The number of hydrogen-bond acceptors (Lipinski definition) is 3. The summed E-state index contributed by atoms with van der Waals surface area (Å²) in [5, 5.41) is 11.6. The molecule has 0 spiro atoms. The molecule has 1 fully saturated rings. The number of aliphatic hydroxyl groups excluding tert-OH is 1. The molecule has 1 unspecified atom stereocenters. The van der Waals surface area contributed by atoms with Gasteiger partial charge in [-0.25, -0.2) is 0 Å². The van der Waals surface area contributed by atoms with Crippen molar-refractivity contribution in [2.45, 2.75) is 51.0 Å². The van der Waals surface area contributed by atoms with Crippen molar-refractivity contribution >= 4 is 5.91 Å². The minimum atomic E-state index is -0.260. The zero-order valence-corrected chi connectivity index (χ0v) is 10.2. The first-order valence-corrected chi connectivity index (χ1v) is 6.22. The molecule has 1 aliphatic rings. The van der Waals surface area contributed by atoms with E-state index in [1.165, 1.54) is 0 Å². The lowest BCUT2D eigenvalue weighted by Gasteiger charge is -2.23. The second-order valence-corrected chi connectivity index (χ2v) is 5.17. The van der Waals surface area contributed by atoms with Crippen LogP contribution in [0.3, 0.4) is 0 Å². The molecule has 1 amide bonds. The summed E-state index contributed by atoms with van der Waals surface area (Å²) in [6.45, 7) is 2.83. The molecule has 1 aliphatic carbocycles. The van der Waals surface area contributed by atoms with Gasteiger partial charge in [-0.3, -0.25) is 4.79 Å². The van der Waals surface area contributed by atoms with E-state index in [9.17, 15) is 4.79 Å². The summed E-state index contributed by atoms with van der Waals surface area (Å²) in [7, 11) is 0. The van der Waals surface area contributed by atoms with E-state index in [4.69, 9.17) is 10.8 Å². The molecule has 4 heteroatoms. The molecule has 4 nitrogen and oxygen atoms in total. The smallest absolute Gasteiger partial charge is 0.221 e. The summed E-state index contributed by atoms with van der Waals surface area (Å²) in [6, 6.07) is 0. The van der Waals surface area contributed by atoms with Gasteiger partial charge < -0.3 is 16.2 Å². The first-order chi connectivity index (χ1) is 7.56. The first-order valence-electron chi connectivity index (χ1n) is 6.22. The highest BCUT2D eigenvalue weighted by Gasteiger charge is 2.31. The number of hydrogen-bond donors (Lipinski definition) is 3. The van der Waals surface area contributed by atoms with Gasteiger partial charge in [-0.1, -0.05) is 19.8 Å². The van der Waals surface area contributed by atoms with Gasteiger partial charge in [-0.2, -0.15) is 0 Å². The Hall–Kier alpha value is -0.610. The molecule has 1 rings (SSSR count).